The van der Waals surface area contributed by atoms with Gasteiger partial charge in [0, 0.05) is 25.3 Å². The zero-order chi connectivity index (χ0) is 21.2. The van der Waals surface area contributed by atoms with Gasteiger partial charge in [-0.2, -0.15) is 0 Å². The Kier molecular flexibility index (Phi) is 7.77. The van der Waals surface area contributed by atoms with Crippen molar-refractivity contribution in [2.75, 3.05) is 26.0 Å². The van der Waals surface area contributed by atoms with Crippen LogP contribution in [0, 0.1) is 17.8 Å². The van der Waals surface area contributed by atoms with Crippen LogP contribution in [0.15, 0.2) is 0 Å². The van der Waals surface area contributed by atoms with E-state index >= 15 is 0 Å². The van der Waals surface area contributed by atoms with Crippen molar-refractivity contribution in [2.24, 2.45) is 23.5 Å². The summed E-state index contributed by atoms with van der Waals surface area (Å²) in [7, 11) is -1.73. The molecule has 1 heterocycles. The summed E-state index contributed by atoms with van der Waals surface area (Å²) in [5.74, 6) is -1.70. The van der Waals surface area contributed by atoms with Crippen LogP contribution in [-0.4, -0.2) is 68.9 Å². The van der Waals surface area contributed by atoms with E-state index in [1.807, 2.05) is 7.05 Å². The van der Waals surface area contributed by atoms with Gasteiger partial charge >= 0.3 is 0 Å². The van der Waals surface area contributed by atoms with E-state index in [2.05, 4.69) is 20.5 Å². The maximum absolute atomic E-state index is 14.6. The minimum atomic E-state index is -3.72. The van der Waals surface area contributed by atoms with Crippen LogP contribution < -0.4 is 21.3 Å². The molecule has 3 rings (SSSR count). The van der Waals surface area contributed by atoms with E-state index in [9.17, 15) is 17.6 Å². The first-order chi connectivity index (χ1) is 13.6. The van der Waals surface area contributed by atoms with Gasteiger partial charge in [-0.3, -0.25) is 20.4 Å². The minimum Gasteiger partial charge on any atom is -0.328 e. The van der Waals surface area contributed by atoms with Crippen LogP contribution in [0.5, 0.6) is 0 Å². The Morgan fingerprint density at radius 1 is 1.31 bits per heavy atom. The van der Waals surface area contributed by atoms with Gasteiger partial charge in [-0.15, -0.1) is 16.4 Å². The Morgan fingerprint density at radius 3 is 2.72 bits per heavy atom. The predicted octanol–water partition coefficient (Wildman–Crippen LogP) is 0.287. The SMILES string of the molecule is CN1CNC(C2CC(Cl)C(F)C(C(=O)NNS(=O)(=O)C[C@H]3CCC[C@H](N)C3)C2)C1. The van der Waals surface area contributed by atoms with Gasteiger partial charge in [-0.25, -0.2) is 12.8 Å². The first-order valence-corrected chi connectivity index (χ1v) is 12.5. The molecule has 11 heteroatoms. The van der Waals surface area contributed by atoms with E-state index in [-0.39, 0.29) is 29.7 Å². The molecular weight excluding hydrogens is 421 g/mol. The van der Waals surface area contributed by atoms with Gasteiger partial charge in [0.15, 0.2) is 0 Å². The van der Waals surface area contributed by atoms with Crippen LogP contribution >= 0.6 is 11.6 Å². The van der Waals surface area contributed by atoms with Crippen LogP contribution in [-0.2, 0) is 14.8 Å². The lowest BCUT2D eigenvalue weighted by Crippen LogP contribution is -2.52. The molecule has 1 aliphatic heterocycles. The molecule has 2 saturated carbocycles. The molecule has 5 N–H and O–H groups in total. The standard InChI is InChI=1S/C18H33ClFN5O3S/c1-25-8-16(22-10-25)12-6-14(17(20)15(19)7-12)18(26)23-24-29(27,28)9-11-3-2-4-13(21)5-11/h11-17,22,24H,2-10,21H2,1H3,(H,23,26)/t11-,12?,13-,14?,15?,16?,17?/m0/s1. The van der Waals surface area contributed by atoms with Crippen LogP contribution in [0.25, 0.3) is 0 Å². The van der Waals surface area contributed by atoms with E-state index < -0.39 is 33.4 Å². The molecule has 2 aliphatic carbocycles. The third-order valence-corrected chi connectivity index (χ3v) is 8.20. The Morgan fingerprint density at radius 2 is 2.07 bits per heavy atom. The number of likely N-dealkylation sites (N-methyl/N-ethyl adjacent to an activating group) is 1. The fourth-order valence-corrected chi connectivity index (χ4v) is 6.58. The van der Waals surface area contributed by atoms with Gasteiger partial charge in [0.05, 0.1) is 17.0 Å². The molecule has 0 aromatic heterocycles. The fourth-order valence-electron chi connectivity index (χ4n) is 4.91. The number of hydrazine groups is 1. The van der Waals surface area contributed by atoms with Crippen LogP contribution in [0.4, 0.5) is 4.39 Å². The van der Waals surface area contributed by atoms with E-state index in [4.69, 9.17) is 17.3 Å². The normalized spacial score (nSPS) is 39.4. The van der Waals surface area contributed by atoms with E-state index in [1.54, 1.807) is 0 Å². The summed E-state index contributed by atoms with van der Waals surface area (Å²) in [5, 5.41) is 2.60. The number of carbonyl (C=O) groups is 1. The number of nitrogens with zero attached hydrogens (tertiary/aromatic N) is 1. The summed E-state index contributed by atoms with van der Waals surface area (Å²) < 4.78 is 39.3. The van der Waals surface area contributed by atoms with Crippen molar-refractivity contribution < 1.29 is 17.6 Å². The van der Waals surface area contributed by atoms with Gasteiger partial charge in [0.1, 0.15) is 6.17 Å². The molecule has 8 nitrogen and oxygen atoms in total. The Labute approximate surface area is 177 Å². The maximum Gasteiger partial charge on any atom is 0.241 e. The summed E-state index contributed by atoms with van der Waals surface area (Å²) in [5.41, 5.74) is 8.14. The molecule has 168 valence electrons. The lowest BCUT2D eigenvalue weighted by molar-refractivity contribution is -0.129. The number of alkyl halides is 2. The Bertz CT molecular complexity index is 684. The van der Waals surface area contributed by atoms with Crippen molar-refractivity contribution >= 4 is 27.5 Å². The highest BCUT2D eigenvalue weighted by Crippen LogP contribution is 2.37. The number of halogens is 2. The topological polar surface area (TPSA) is 117 Å². The second kappa shape index (κ2) is 9.74. The quantitative estimate of drug-likeness (QED) is 0.339. The molecule has 7 atom stereocenters. The van der Waals surface area contributed by atoms with Gasteiger partial charge < -0.3 is 5.73 Å². The second-order valence-electron chi connectivity index (χ2n) is 8.97. The fraction of sp³-hybridized carbons (Fsp3) is 0.944. The number of nitrogens with two attached hydrogens (primary N) is 1. The number of hydrogen-bond donors (Lipinski definition) is 4. The lowest BCUT2D eigenvalue weighted by atomic mass is 9.76. The van der Waals surface area contributed by atoms with Gasteiger partial charge in [-0.1, -0.05) is 6.42 Å². The average Bonchev–Trinajstić information content (AvgIpc) is 3.08. The van der Waals surface area contributed by atoms with Gasteiger partial charge in [-0.05, 0) is 51.0 Å². The largest absolute Gasteiger partial charge is 0.328 e. The number of hydrogen-bond acceptors (Lipinski definition) is 6. The molecule has 0 radical (unpaired) electrons. The van der Waals surface area contributed by atoms with E-state index in [0.717, 1.165) is 32.5 Å². The summed E-state index contributed by atoms with van der Waals surface area (Å²) in [4.78, 5) is 16.8. The highest BCUT2D eigenvalue weighted by molar-refractivity contribution is 7.89. The first-order valence-electron chi connectivity index (χ1n) is 10.4. The Hall–Kier alpha value is -0.520. The number of sulfonamides is 1. The summed E-state index contributed by atoms with van der Waals surface area (Å²) >= 11 is 6.20. The van der Waals surface area contributed by atoms with Crippen molar-refractivity contribution in [1.82, 2.24) is 20.5 Å². The average molecular weight is 454 g/mol. The van der Waals surface area contributed by atoms with E-state index in [1.165, 1.54) is 0 Å². The van der Waals surface area contributed by atoms with Crippen LogP contribution in [0.2, 0.25) is 0 Å². The number of nitrogens with one attached hydrogen (secondary N) is 3. The van der Waals surface area contributed by atoms with Crippen molar-refractivity contribution in [3.05, 3.63) is 0 Å². The van der Waals surface area contributed by atoms with Crippen LogP contribution in [0.3, 0.4) is 0 Å². The number of carbonyl (C=O) groups excluding carboxylic acids is 1. The lowest BCUT2D eigenvalue weighted by Gasteiger charge is -2.37. The molecule has 0 aromatic carbocycles. The molecule has 1 amide bonds. The third-order valence-electron chi connectivity index (χ3n) is 6.46. The first kappa shape index (κ1) is 23.1. The van der Waals surface area contributed by atoms with Crippen LogP contribution in [0.1, 0.15) is 38.5 Å². The van der Waals surface area contributed by atoms with Gasteiger partial charge in [0.2, 0.25) is 15.9 Å². The highest BCUT2D eigenvalue weighted by Gasteiger charge is 2.44. The smallest absolute Gasteiger partial charge is 0.241 e. The minimum absolute atomic E-state index is 0.0221. The van der Waals surface area contributed by atoms with E-state index in [0.29, 0.717) is 19.3 Å². The molecule has 0 aromatic rings. The molecular formula is C18H33ClFN5O3S. The second-order valence-corrected chi connectivity index (χ2v) is 11.3. The monoisotopic (exact) mass is 453 g/mol. The van der Waals surface area contributed by atoms with Crippen molar-refractivity contribution in [1.29, 1.82) is 0 Å². The molecule has 29 heavy (non-hydrogen) atoms. The molecule has 3 aliphatic rings. The third kappa shape index (κ3) is 6.24. The summed E-state index contributed by atoms with van der Waals surface area (Å²) in [6.45, 7) is 1.56. The molecule has 0 bridgehead atoms. The van der Waals surface area contributed by atoms with Crippen molar-refractivity contribution in [3.63, 3.8) is 0 Å². The zero-order valence-corrected chi connectivity index (χ0v) is 18.4. The van der Waals surface area contributed by atoms with Crippen molar-refractivity contribution in [2.45, 2.75) is 62.2 Å². The molecule has 0 spiro atoms. The van der Waals surface area contributed by atoms with Crippen molar-refractivity contribution in [3.8, 4) is 0 Å². The highest BCUT2D eigenvalue weighted by atomic mass is 35.5. The molecule has 5 unspecified atom stereocenters. The summed E-state index contributed by atoms with van der Waals surface area (Å²) in [6, 6.07) is 0.171. The number of rotatable bonds is 6. The maximum atomic E-state index is 14.6. The molecule has 3 fully saturated rings. The zero-order valence-electron chi connectivity index (χ0n) is 16.8. The molecule has 1 saturated heterocycles. The number of amides is 1. The predicted molar refractivity (Wildman–Crippen MR) is 110 cm³/mol. The summed E-state index contributed by atoms with van der Waals surface area (Å²) in [6.07, 6.45) is 2.59. The Balaban J connectivity index is 1.54. The van der Waals surface area contributed by atoms with Gasteiger partial charge in [0.25, 0.3) is 0 Å².